The van der Waals surface area contributed by atoms with E-state index in [1.165, 1.54) is 32.1 Å². The zero-order valence-corrected chi connectivity index (χ0v) is 27.5. The number of nitrogens with one attached hydrogen (secondary N) is 1. The molecule has 3 rings (SSSR count). The molecule has 222 valence electrons. The first-order valence-corrected chi connectivity index (χ1v) is 17.0. The van der Waals surface area contributed by atoms with Crippen LogP contribution in [0.5, 0.6) is 0 Å². The van der Waals surface area contributed by atoms with Crippen LogP contribution in [0.1, 0.15) is 94.7 Å². The van der Waals surface area contributed by atoms with E-state index in [2.05, 4.69) is 32.2 Å². The molecule has 3 unspecified atom stereocenters. The average molecular weight is 593 g/mol. The summed E-state index contributed by atoms with van der Waals surface area (Å²) in [7, 11) is 0. The Labute approximate surface area is 269 Å². The molecule has 0 spiro atoms. The Morgan fingerprint density at radius 1 is 1.10 bits per heavy atom. The summed E-state index contributed by atoms with van der Waals surface area (Å²) in [4.78, 5) is 25.4. The van der Waals surface area contributed by atoms with E-state index >= 15 is 0 Å². The fraction of sp³-hybridized carbons (Fsp3) is 0.576. The minimum atomic E-state index is -1.01. The number of aliphatic carboxylic acids is 1. The van der Waals surface area contributed by atoms with Gasteiger partial charge in [-0.3, -0.25) is 4.79 Å². The molecule has 1 saturated carbocycles. The number of benzene rings is 2. The molecule has 8 heteroatoms. The fourth-order valence-electron chi connectivity index (χ4n) is 5.59. The second-order valence-corrected chi connectivity index (χ2v) is 15.0. The predicted molar refractivity (Wildman–Crippen MR) is 173 cm³/mol. The van der Waals surface area contributed by atoms with Crippen LogP contribution in [0.15, 0.2) is 42.5 Å². The van der Waals surface area contributed by atoms with Gasteiger partial charge in [-0.1, -0.05) is 83.2 Å². The first-order valence-electron chi connectivity index (χ1n) is 14.6. The molecule has 0 saturated heterocycles. The molecular weight excluding hydrogens is 543 g/mol. The number of thioether (sulfide) groups is 2. The maximum atomic E-state index is 13.5. The Balaban J connectivity index is 0.00000441. The van der Waals surface area contributed by atoms with E-state index in [1.54, 1.807) is 11.8 Å². The number of carbonyl (C=O) groups is 2. The maximum absolute atomic E-state index is 13.5. The number of carbonyl (C=O) groups excluding carboxylic acids is 1. The molecule has 0 aromatic heterocycles. The van der Waals surface area contributed by atoms with Crippen molar-refractivity contribution in [1.29, 1.82) is 0 Å². The summed E-state index contributed by atoms with van der Waals surface area (Å²) in [6, 6.07) is 12.8. The molecule has 4 N–H and O–H groups in total. The van der Waals surface area contributed by atoms with Gasteiger partial charge >= 0.3 is 24.8 Å². The van der Waals surface area contributed by atoms with E-state index in [4.69, 9.17) is 5.73 Å². The van der Waals surface area contributed by atoms with Crippen molar-refractivity contribution in [2.24, 2.45) is 17.6 Å². The Kier molecular flexibility index (Phi) is 14.9. The number of rotatable bonds is 13. The Hall–Kier alpha value is -1.36. The minimum Gasteiger partial charge on any atom is -1.00 e. The summed E-state index contributed by atoms with van der Waals surface area (Å²) in [5, 5.41) is 12.5. The van der Waals surface area contributed by atoms with Gasteiger partial charge in [-0.25, -0.2) is 4.79 Å². The van der Waals surface area contributed by atoms with Crippen molar-refractivity contribution in [3.05, 3.63) is 59.2 Å². The van der Waals surface area contributed by atoms with Crippen LogP contribution in [0, 0.1) is 18.8 Å². The first-order chi connectivity index (χ1) is 19.0. The molecule has 3 atom stereocenters. The van der Waals surface area contributed by atoms with Crippen LogP contribution < -0.4 is 29.9 Å². The minimum absolute atomic E-state index is 0. The predicted octanol–water partition coefficient (Wildman–Crippen LogP) is 4.83. The molecule has 0 heterocycles. The largest absolute Gasteiger partial charge is 1.00 e. The number of amides is 1. The van der Waals surface area contributed by atoms with Gasteiger partial charge in [-0.2, -0.15) is 23.5 Å². The van der Waals surface area contributed by atoms with Gasteiger partial charge in [-0.15, -0.1) is 0 Å². The van der Waals surface area contributed by atoms with Gasteiger partial charge in [0.2, 0.25) is 0 Å². The topological polar surface area (TPSA) is 92.4 Å². The standard InChI is InChI=1S/C33H48N2O3S2.Li.H/c1-22-11-9-10-14-26(22)28-20-24(15-16-27(28)31(36)35-29(32(37)38)17-18-39-5)30(34)25(21-40-33(2,3)4)19-23-12-7-6-8-13-23;;/h9-11,14-16,20,23,25,29-30H,6-8,12-13,17-19,21,34H2,1-5H3,(H,35,36)(H,37,38);;/q;+1;-1. The summed E-state index contributed by atoms with van der Waals surface area (Å²) < 4.78 is 0.162. The van der Waals surface area contributed by atoms with Gasteiger partial charge in [0, 0.05) is 16.4 Å². The van der Waals surface area contributed by atoms with Crippen LogP contribution in [0.3, 0.4) is 0 Å². The molecule has 2 aromatic rings. The Morgan fingerprint density at radius 3 is 2.39 bits per heavy atom. The second kappa shape index (κ2) is 17.1. The van der Waals surface area contributed by atoms with Crippen LogP contribution in [-0.4, -0.2) is 45.5 Å². The van der Waals surface area contributed by atoms with E-state index in [0.29, 0.717) is 23.7 Å². The number of hydrogen-bond acceptors (Lipinski definition) is 5. The third kappa shape index (κ3) is 11.0. The van der Waals surface area contributed by atoms with Crippen LogP contribution in [0.2, 0.25) is 0 Å². The zero-order valence-electron chi connectivity index (χ0n) is 26.9. The van der Waals surface area contributed by atoms with Crippen molar-refractivity contribution in [2.75, 3.05) is 17.8 Å². The van der Waals surface area contributed by atoms with Crippen LogP contribution in [0.25, 0.3) is 11.1 Å². The number of carboxylic acid groups (broad SMARTS) is 1. The molecule has 0 aliphatic heterocycles. The van der Waals surface area contributed by atoms with E-state index < -0.39 is 12.0 Å². The molecule has 0 bridgehead atoms. The van der Waals surface area contributed by atoms with Crippen molar-refractivity contribution >= 4 is 35.4 Å². The van der Waals surface area contributed by atoms with Gasteiger partial charge in [-0.05, 0) is 83.7 Å². The molecule has 1 aliphatic carbocycles. The SMILES string of the molecule is CSCCC(NC(=O)c1ccc(C(N)C(CSC(C)(C)C)CC2CCCCC2)cc1-c1ccccc1C)C(=O)O.[H-].[Li+]. The quantitative estimate of drug-likeness (QED) is 0.289. The smallest absolute Gasteiger partial charge is 1.00 e. The monoisotopic (exact) mass is 592 g/mol. The summed E-state index contributed by atoms with van der Waals surface area (Å²) >= 11 is 3.55. The van der Waals surface area contributed by atoms with Crippen molar-refractivity contribution in [1.82, 2.24) is 5.32 Å². The average Bonchev–Trinajstić information content (AvgIpc) is 2.92. The number of aryl methyl sites for hydroxylation is 1. The van der Waals surface area contributed by atoms with Gasteiger partial charge in [0.15, 0.2) is 0 Å². The van der Waals surface area contributed by atoms with E-state index in [0.717, 1.165) is 40.3 Å². The molecule has 0 radical (unpaired) electrons. The Morgan fingerprint density at radius 2 is 1.78 bits per heavy atom. The van der Waals surface area contributed by atoms with E-state index in [-0.39, 0.29) is 37.0 Å². The molecule has 5 nitrogen and oxygen atoms in total. The molecule has 41 heavy (non-hydrogen) atoms. The van der Waals surface area contributed by atoms with Crippen molar-refractivity contribution < 1.29 is 35.0 Å². The summed E-state index contributed by atoms with van der Waals surface area (Å²) in [6.07, 6.45) is 9.98. The molecular formula is C33H49LiN2O3S2. The van der Waals surface area contributed by atoms with E-state index in [9.17, 15) is 14.7 Å². The molecule has 2 aromatic carbocycles. The van der Waals surface area contributed by atoms with Crippen LogP contribution >= 0.6 is 23.5 Å². The fourth-order valence-corrected chi connectivity index (χ4v) is 7.12. The summed E-state index contributed by atoms with van der Waals surface area (Å²) in [6.45, 7) is 8.81. The van der Waals surface area contributed by atoms with E-state index in [1.807, 2.05) is 61.3 Å². The molecule has 1 aliphatic rings. The Bertz CT molecular complexity index is 1140. The zero-order chi connectivity index (χ0) is 29.3. The number of nitrogens with two attached hydrogens (primary N) is 1. The third-order valence-corrected chi connectivity index (χ3v) is 10.0. The van der Waals surface area contributed by atoms with Crippen molar-refractivity contribution in [3.63, 3.8) is 0 Å². The third-order valence-electron chi connectivity index (χ3n) is 7.92. The summed E-state index contributed by atoms with van der Waals surface area (Å²) in [5.41, 5.74) is 11.4. The van der Waals surface area contributed by atoms with Gasteiger partial charge in [0.25, 0.3) is 5.91 Å². The van der Waals surface area contributed by atoms with Crippen LogP contribution in [-0.2, 0) is 4.79 Å². The van der Waals surface area contributed by atoms with Gasteiger partial charge < -0.3 is 17.6 Å². The maximum Gasteiger partial charge on any atom is 1.00 e. The molecule has 1 amide bonds. The second-order valence-electron chi connectivity index (χ2n) is 12.2. The number of carboxylic acids is 1. The first kappa shape index (κ1) is 35.8. The van der Waals surface area contributed by atoms with Gasteiger partial charge in [0.05, 0.1) is 0 Å². The van der Waals surface area contributed by atoms with Crippen LogP contribution in [0.4, 0.5) is 0 Å². The molecule has 1 fully saturated rings. The van der Waals surface area contributed by atoms with Crippen molar-refractivity contribution in [3.8, 4) is 11.1 Å². The van der Waals surface area contributed by atoms with Crippen molar-refractivity contribution in [2.45, 2.75) is 89.5 Å². The van der Waals surface area contributed by atoms with Gasteiger partial charge in [0.1, 0.15) is 6.04 Å². The normalized spacial score (nSPS) is 16.3. The summed E-state index contributed by atoms with van der Waals surface area (Å²) in [5.74, 6) is 1.33. The number of hydrogen-bond donors (Lipinski definition) is 3.